The van der Waals surface area contributed by atoms with Crippen LogP contribution in [0.1, 0.15) is 35.7 Å². The van der Waals surface area contributed by atoms with Crippen LogP contribution in [-0.2, 0) is 21.2 Å². The molecule has 3 aromatic carbocycles. The third-order valence-corrected chi connectivity index (χ3v) is 10.2. The molecule has 0 saturated carbocycles. The third-order valence-electron chi connectivity index (χ3n) is 7.48. The van der Waals surface area contributed by atoms with E-state index in [-0.39, 0.29) is 11.9 Å². The summed E-state index contributed by atoms with van der Waals surface area (Å²) in [5.41, 5.74) is 3.56. The van der Waals surface area contributed by atoms with Crippen LogP contribution in [0.4, 0.5) is 0 Å². The van der Waals surface area contributed by atoms with Gasteiger partial charge in [0, 0.05) is 28.1 Å². The maximum Gasteiger partial charge on any atom is 0.268 e. The number of piperidine rings is 1. The molecule has 2 atom stereocenters. The van der Waals surface area contributed by atoms with E-state index >= 15 is 0 Å². The number of benzene rings is 3. The summed E-state index contributed by atoms with van der Waals surface area (Å²) in [6.07, 6.45) is 2.49. The molecule has 1 saturated heterocycles. The summed E-state index contributed by atoms with van der Waals surface area (Å²) in [7, 11) is -3.79. The van der Waals surface area contributed by atoms with Crippen LogP contribution in [0.3, 0.4) is 0 Å². The summed E-state index contributed by atoms with van der Waals surface area (Å²) in [5, 5.41) is 0.932. The summed E-state index contributed by atoms with van der Waals surface area (Å²) in [6.45, 7) is 2.67. The predicted octanol–water partition coefficient (Wildman–Crippen LogP) is 5.81. The molecule has 184 valence electrons. The number of thioether (sulfide) groups is 1. The van der Waals surface area contributed by atoms with Gasteiger partial charge in [-0.1, -0.05) is 54.1 Å². The lowest BCUT2D eigenvalue weighted by Crippen LogP contribution is -2.45. The van der Waals surface area contributed by atoms with Gasteiger partial charge in [-0.3, -0.25) is 4.79 Å². The van der Waals surface area contributed by atoms with Gasteiger partial charge in [0.05, 0.1) is 22.2 Å². The van der Waals surface area contributed by atoms with Crippen LogP contribution in [0.2, 0.25) is 0 Å². The summed E-state index contributed by atoms with van der Waals surface area (Å²) < 4.78 is 29.5. The molecule has 36 heavy (non-hydrogen) atoms. The molecule has 5 nitrogen and oxygen atoms in total. The van der Waals surface area contributed by atoms with Crippen LogP contribution in [0.25, 0.3) is 10.9 Å². The molecule has 1 aliphatic carbocycles. The fraction of sp³-hybridized carbons (Fsp3) is 0.276. The zero-order valence-corrected chi connectivity index (χ0v) is 21.8. The second kappa shape index (κ2) is 9.12. The molecule has 2 bridgehead atoms. The molecule has 1 amide bonds. The standard InChI is InChI=1S/C29H28N2O3S2/c1-20-11-13-23(14-12-20)36(33,34)31-25-10-6-5-9-24(25)29-26-17-21(18-27(29)31)15-16-30(26)28(32)19-35-22-7-3-2-4-8-22/h2-14,21,26H,15-19H2,1H3/t21-,26+/m0/s1. The van der Waals surface area contributed by atoms with Crippen molar-refractivity contribution in [2.24, 2.45) is 5.92 Å². The first-order chi connectivity index (χ1) is 17.4. The molecule has 2 aliphatic rings. The molecule has 0 radical (unpaired) electrons. The topological polar surface area (TPSA) is 59.4 Å². The van der Waals surface area contributed by atoms with Gasteiger partial charge in [-0.15, -0.1) is 11.8 Å². The van der Waals surface area contributed by atoms with Crippen molar-refractivity contribution in [3.05, 3.63) is 95.7 Å². The number of carbonyl (C=O) groups is 1. The van der Waals surface area contributed by atoms with Gasteiger partial charge in [0.2, 0.25) is 5.91 Å². The highest BCUT2D eigenvalue weighted by molar-refractivity contribution is 8.00. The Bertz CT molecular complexity index is 1540. The maximum atomic E-state index is 14.0. The fourth-order valence-electron chi connectivity index (χ4n) is 5.76. The highest BCUT2D eigenvalue weighted by atomic mass is 32.2. The van der Waals surface area contributed by atoms with E-state index in [2.05, 4.69) is 0 Å². The summed E-state index contributed by atoms with van der Waals surface area (Å²) in [6, 6.07) is 24.7. The number of rotatable bonds is 5. The van der Waals surface area contributed by atoms with Crippen molar-refractivity contribution in [2.45, 2.75) is 42.0 Å². The summed E-state index contributed by atoms with van der Waals surface area (Å²) >= 11 is 1.55. The van der Waals surface area contributed by atoms with Crippen molar-refractivity contribution in [3.8, 4) is 0 Å². The van der Waals surface area contributed by atoms with E-state index in [1.165, 1.54) is 0 Å². The SMILES string of the molecule is Cc1ccc(S(=O)(=O)n2c3c(c4ccccc42)[C@H]2C[C@H](CCN2C(=O)CSc2ccccc2)C3)cc1. The number of aromatic nitrogens is 1. The molecule has 0 N–H and O–H groups in total. The predicted molar refractivity (Wildman–Crippen MR) is 144 cm³/mol. The van der Waals surface area contributed by atoms with Crippen molar-refractivity contribution in [2.75, 3.05) is 12.3 Å². The van der Waals surface area contributed by atoms with Gasteiger partial charge in [-0.25, -0.2) is 12.4 Å². The van der Waals surface area contributed by atoms with Crippen LogP contribution in [0.5, 0.6) is 0 Å². The van der Waals surface area contributed by atoms with Gasteiger partial charge in [0.1, 0.15) is 0 Å². The zero-order valence-electron chi connectivity index (χ0n) is 20.1. The molecular weight excluding hydrogens is 488 g/mol. The van der Waals surface area contributed by atoms with E-state index in [9.17, 15) is 13.2 Å². The number of likely N-dealkylation sites (tertiary alicyclic amines) is 1. The van der Waals surface area contributed by atoms with Crippen molar-refractivity contribution in [1.82, 2.24) is 8.87 Å². The number of aryl methyl sites for hydroxylation is 1. The number of para-hydroxylation sites is 1. The zero-order chi connectivity index (χ0) is 24.9. The number of amides is 1. The second-order valence-corrected chi connectivity index (χ2v) is 12.6. The fourth-order valence-corrected chi connectivity index (χ4v) is 8.14. The number of nitrogens with zero attached hydrogens (tertiary/aromatic N) is 2. The van der Waals surface area contributed by atoms with Crippen molar-refractivity contribution in [1.29, 1.82) is 0 Å². The molecule has 2 heterocycles. The summed E-state index contributed by atoms with van der Waals surface area (Å²) in [4.78, 5) is 16.8. The number of carbonyl (C=O) groups excluding carboxylic acids is 1. The van der Waals surface area contributed by atoms with E-state index in [1.54, 1.807) is 27.9 Å². The number of hydrogen-bond acceptors (Lipinski definition) is 4. The monoisotopic (exact) mass is 516 g/mol. The molecule has 7 heteroatoms. The van der Waals surface area contributed by atoms with E-state index in [4.69, 9.17) is 0 Å². The van der Waals surface area contributed by atoms with Crippen molar-refractivity contribution < 1.29 is 13.2 Å². The molecule has 1 aromatic heterocycles. The van der Waals surface area contributed by atoms with E-state index in [1.807, 2.05) is 78.6 Å². The van der Waals surface area contributed by atoms with Crippen LogP contribution >= 0.6 is 11.8 Å². The van der Waals surface area contributed by atoms with Crippen molar-refractivity contribution >= 4 is 38.6 Å². The third kappa shape index (κ3) is 3.95. The Balaban J connectivity index is 1.43. The average molecular weight is 517 g/mol. The Hall–Kier alpha value is -3.03. The first kappa shape index (κ1) is 23.4. The highest BCUT2D eigenvalue weighted by Crippen LogP contribution is 2.47. The Morgan fingerprint density at radius 2 is 1.69 bits per heavy atom. The molecule has 1 aliphatic heterocycles. The highest BCUT2D eigenvalue weighted by Gasteiger charge is 2.42. The first-order valence-corrected chi connectivity index (χ1v) is 14.8. The van der Waals surface area contributed by atoms with Gasteiger partial charge in [-0.05, 0) is 62.4 Å². The van der Waals surface area contributed by atoms with E-state index in [0.29, 0.717) is 35.0 Å². The lowest BCUT2D eigenvalue weighted by Gasteiger charge is -2.43. The molecule has 6 rings (SSSR count). The molecule has 4 aromatic rings. The Morgan fingerprint density at radius 1 is 0.972 bits per heavy atom. The van der Waals surface area contributed by atoms with E-state index in [0.717, 1.165) is 39.9 Å². The van der Waals surface area contributed by atoms with Crippen molar-refractivity contribution in [3.63, 3.8) is 0 Å². The van der Waals surface area contributed by atoms with Crippen LogP contribution < -0.4 is 0 Å². The van der Waals surface area contributed by atoms with Crippen LogP contribution in [0.15, 0.2) is 88.7 Å². The minimum absolute atomic E-state index is 0.101. The van der Waals surface area contributed by atoms with Gasteiger partial charge in [0.15, 0.2) is 0 Å². The summed E-state index contributed by atoms with van der Waals surface area (Å²) in [5.74, 6) is 0.851. The van der Waals surface area contributed by atoms with E-state index < -0.39 is 10.0 Å². The Morgan fingerprint density at radius 3 is 2.47 bits per heavy atom. The smallest absolute Gasteiger partial charge is 0.268 e. The molecule has 0 spiro atoms. The lowest BCUT2D eigenvalue weighted by molar-refractivity contribution is -0.133. The van der Waals surface area contributed by atoms with Crippen LogP contribution in [0, 0.1) is 12.8 Å². The normalized spacial score (nSPS) is 19.3. The van der Waals surface area contributed by atoms with Gasteiger partial charge in [-0.2, -0.15) is 0 Å². The minimum atomic E-state index is -3.79. The largest absolute Gasteiger partial charge is 0.335 e. The van der Waals surface area contributed by atoms with Crippen LogP contribution in [-0.4, -0.2) is 35.5 Å². The first-order valence-electron chi connectivity index (χ1n) is 12.4. The lowest BCUT2D eigenvalue weighted by atomic mass is 9.78. The Kier molecular flexibility index (Phi) is 5.92. The quantitative estimate of drug-likeness (QED) is 0.314. The molecule has 0 unspecified atom stereocenters. The minimum Gasteiger partial charge on any atom is -0.335 e. The molecule has 1 fully saturated rings. The van der Waals surface area contributed by atoms with Gasteiger partial charge < -0.3 is 4.90 Å². The number of fused-ring (bicyclic) bond motifs is 6. The number of hydrogen-bond donors (Lipinski definition) is 0. The van der Waals surface area contributed by atoms with Gasteiger partial charge >= 0.3 is 0 Å². The second-order valence-electron chi connectivity index (χ2n) is 9.76. The average Bonchev–Trinajstić information content (AvgIpc) is 3.23. The Labute approximate surface area is 216 Å². The molecular formula is C29H28N2O3S2. The van der Waals surface area contributed by atoms with Gasteiger partial charge in [0.25, 0.3) is 10.0 Å². The maximum absolute atomic E-state index is 14.0.